The van der Waals surface area contributed by atoms with Gasteiger partial charge in [-0.15, -0.1) is 0 Å². The maximum Gasteiger partial charge on any atom is 0.416 e. The molecule has 0 radical (unpaired) electrons. The SMILES string of the molecule is FC(F)(F)CC[C@H](c1cc(Br)cc(C(F)(F)F)c1)N1CCNCC1. The van der Waals surface area contributed by atoms with Crippen molar-refractivity contribution in [2.24, 2.45) is 0 Å². The number of nitrogens with zero attached hydrogens (tertiary/aromatic N) is 1. The molecular weight excluding hydrogens is 402 g/mol. The van der Waals surface area contributed by atoms with Crippen molar-refractivity contribution in [3.8, 4) is 0 Å². The average molecular weight is 419 g/mol. The molecule has 1 heterocycles. The molecule has 1 saturated heterocycles. The Balaban J connectivity index is 2.33. The van der Waals surface area contributed by atoms with Gasteiger partial charge in [0.1, 0.15) is 0 Å². The quantitative estimate of drug-likeness (QED) is 0.709. The van der Waals surface area contributed by atoms with Gasteiger partial charge in [-0.1, -0.05) is 15.9 Å². The lowest BCUT2D eigenvalue weighted by Crippen LogP contribution is -2.45. The summed E-state index contributed by atoms with van der Waals surface area (Å²) in [7, 11) is 0. The van der Waals surface area contributed by atoms with Crippen LogP contribution >= 0.6 is 15.9 Å². The highest BCUT2D eigenvalue weighted by Crippen LogP contribution is 2.37. The molecule has 2 nitrogen and oxygen atoms in total. The topological polar surface area (TPSA) is 15.3 Å². The largest absolute Gasteiger partial charge is 0.416 e. The first-order valence-electron chi connectivity index (χ1n) is 7.45. The second kappa shape index (κ2) is 7.61. The van der Waals surface area contributed by atoms with E-state index in [0.29, 0.717) is 26.2 Å². The summed E-state index contributed by atoms with van der Waals surface area (Å²) in [5.41, 5.74) is -0.609. The maximum atomic E-state index is 13.0. The number of hydrogen-bond acceptors (Lipinski definition) is 2. The van der Waals surface area contributed by atoms with E-state index >= 15 is 0 Å². The Morgan fingerprint density at radius 1 is 1.04 bits per heavy atom. The van der Waals surface area contributed by atoms with Gasteiger partial charge in [-0.2, -0.15) is 26.3 Å². The average Bonchev–Trinajstić information content (AvgIpc) is 2.46. The summed E-state index contributed by atoms with van der Waals surface area (Å²) in [6.45, 7) is 2.19. The number of rotatable bonds is 4. The summed E-state index contributed by atoms with van der Waals surface area (Å²) in [5, 5.41) is 3.09. The molecule has 136 valence electrons. The summed E-state index contributed by atoms with van der Waals surface area (Å²) in [6, 6.07) is 2.65. The lowest BCUT2D eigenvalue weighted by molar-refractivity contribution is -0.140. The third-order valence-electron chi connectivity index (χ3n) is 3.93. The number of halogens is 7. The highest BCUT2D eigenvalue weighted by Gasteiger charge is 2.34. The Kier molecular flexibility index (Phi) is 6.19. The number of piperazine rings is 1. The Labute approximate surface area is 144 Å². The fourth-order valence-electron chi connectivity index (χ4n) is 2.82. The molecule has 0 unspecified atom stereocenters. The van der Waals surface area contributed by atoms with E-state index in [1.807, 2.05) is 4.90 Å². The molecule has 1 N–H and O–H groups in total. The van der Waals surface area contributed by atoms with Gasteiger partial charge in [-0.05, 0) is 30.2 Å². The standard InChI is InChI=1S/C15H17BrF6N2/c16-12-8-10(7-11(9-12)15(20,21)22)13(1-2-14(17,18)19)24-5-3-23-4-6-24/h7-9,13,23H,1-6H2/t13-/m1/s1. The fraction of sp³-hybridized carbons (Fsp3) is 0.600. The monoisotopic (exact) mass is 418 g/mol. The minimum atomic E-state index is -4.55. The van der Waals surface area contributed by atoms with E-state index < -0.39 is 30.4 Å². The van der Waals surface area contributed by atoms with Crippen molar-refractivity contribution in [3.05, 3.63) is 33.8 Å². The van der Waals surface area contributed by atoms with Gasteiger partial charge >= 0.3 is 12.4 Å². The summed E-state index contributed by atoms with van der Waals surface area (Å²) in [4.78, 5) is 1.81. The number of alkyl halides is 6. The van der Waals surface area contributed by atoms with Crippen LogP contribution in [0.25, 0.3) is 0 Å². The van der Waals surface area contributed by atoms with Crippen molar-refractivity contribution in [1.82, 2.24) is 10.2 Å². The highest BCUT2D eigenvalue weighted by atomic mass is 79.9. The first-order valence-corrected chi connectivity index (χ1v) is 8.25. The summed E-state index contributed by atoms with van der Waals surface area (Å²) in [6.07, 6.45) is -10.2. The molecule has 1 aliphatic rings. The van der Waals surface area contributed by atoms with E-state index in [9.17, 15) is 26.3 Å². The second-order valence-corrected chi connectivity index (χ2v) is 6.64. The van der Waals surface area contributed by atoms with E-state index in [2.05, 4.69) is 21.2 Å². The van der Waals surface area contributed by atoms with Crippen LogP contribution in [0.1, 0.15) is 30.0 Å². The minimum Gasteiger partial charge on any atom is -0.314 e. The number of benzene rings is 1. The van der Waals surface area contributed by atoms with Crippen LogP contribution in [0.4, 0.5) is 26.3 Å². The van der Waals surface area contributed by atoms with E-state index in [1.54, 1.807) is 0 Å². The van der Waals surface area contributed by atoms with Gasteiger partial charge in [0.2, 0.25) is 0 Å². The van der Waals surface area contributed by atoms with E-state index in [0.717, 1.165) is 12.1 Å². The third-order valence-corrected chi connectivity index (χ3v) is 4.38. The predicted molar refractivity (Wildman–Crippen MR) is 81.6 cm³/mol. The van der Waals surface area contributed by atoms with E-state index in [-0.39, 0.29) is 16.5 Å². The van der Waals surface area contributed by atoms with Crippen molar-refractivity contribution in [2.45, 2.75) is 31.2 Å². The van der Waals surface area contributed by atoms with Crippen LogP contribution in [0, 0.1) is 0 Å². The minimum absolute atomic E-state index is 0.208. The summed E-state index contributed by atoms with van der Waals surface area (Å²) >= 11 is 3.04. The zero-order chi connectivity index (χ0) is 18.0. The highest BCUT2D eigenvalue weighted by molar-refractivity contribution is 9.10. The van der Waals surface area contributed by atoms with Gasteiger partial charge in [-0.25, -0.2) is 0 Å². The summed E-state index contributed by atoms with van der Waals surface area (Å²) < 4.78 is 77.1. The van der Waals surface area contributed by atoms with Crippen molar-refractivity contribution < 1.29 is 26.3 Å². The zero-order valence-corrected chi connectivity index (χ0v) is 14.2. The maximum absolute atomic E-state index is 13.0. The lowest BCUT2D eigenvalue weighted by Gasteiger charge is -2.36. The normalized spacial score (nSPS) is 18.6. The molecule has 0 saturated carbocycles. The van der Waals surface area contributed by atoms with Gasteiger partial charge in [0, 0.05) is 43.1 Å². The smallest absolute Gasteiger partial charge is 0.314 e. The molecule has 1 aromatic rings. The van der Waals surface area contributed by atoms with E-state index in [4.69, 9.17) is 0 Å². The zero-order valence-electron chi connectivity index (χ0n) is 12.6. The van der Waals surface area contributed by atoms with Crippen LogP contribution in [0.15, 0.2) is 22.7 Å². The third kappa shape index (κ3) is 5.63. The van der Waals surface area contributed by atoms with Gasteiger partial charge in [0.05, 0.1) is 5.56 Å². The molecule has 0 bridgehead atoms. The predicted octanol–water partition coefficient (Wildman–Crippen LogP) is 4.76. The second-order valence-electron chi connectivity index (χ2n) is 5.73. The van der Waals surface area contributed by atoms with Crippen molar-refractivity contribution >= 4 is 15.9 Å². The van der Waals surface area contributed by atoms with Crippen LogP contribution in [0.3, 0.4) is 0 Å². The van der Waals surface area contributed by atoms with Crippen LogP contribution in [0.2, 0.25) is 0 Å². The lowest BCUT2D eigenvalue weighted by atomic mass is 9.97. The van der Waals surface area contributed by atoms with Crippen LogP contribution in [-0.4, -0.2) is 37.3 Å². The molecule has 1 aliphatic heterocycles. The number of hydrogen-bond donors (Lipinski definition) is 1. The number of nitrogens with one attached hydrogen (secondary N) is 1. The Bertz CT molecular complexity index is 552. The fourth-order valence-corrected chi connectivity index (χ4v) is 3.33. The molecule has 0 aliphatic carbocycles. The first kappa shape index (κ1) is 19.5. The van der Waals surface area contributed by atoms with Gasteiger partial charge in [-0.3, -0.25) is 4.90 Å². The van der Waals surface area contributed by atoms with Crippen molar-refractivity contribution in [3.63, 3.8) is 0 Å². The van der Waals surface area contributed by atoms with Gasteiger partial charge in [0.15, 0.2) is 0 Å². The Hall–Kier alpha value is -0.800. The molecular formula is C15H17BrF6N2. The molecule has 24 heavy (non-hydrogen) atoms. The molecule has 1 fully saturated rings. The van der Waals surface area contributed by atoms with Crippen molar-refractivity contribution in [2.75, 3.05) is 26.2 Å². The van der Waals surface area contributed by atoms with Crippen LogP contribution in [-0.2, 0) is 6.18 Å². The molecule has 0 spiro atoms. The van der Waals surface area contributed by atoms with E-state index in [1.165, 1.54) is 6.07 Å². The summed E-state index contributed by atoms with van der Waals surface area (Å²) in [5.74, 6) is 0. The van der Waals surface area contributed by atoms with Gasteiger partial charge in [0.25, 0.3) is 0 Å². The molecule has 9 heteroatoms. The molecule has 0 aromatic heterocycles. The van der Waals surface area contributed by atoms with Crippen molar-refractivity contribution in [1.29, 1.82) is 0 Å². The van der Waals surface area contributed by atoms with Crippen LogP contribution in [0.5, 0.6) is 0 Å². The van der Waals surface area contributed by atoms with Gasteiger partial charge < -0.3 is 5.32 Å². The molecule has 0 amide bonds. The van der Waals surface area contributed by atoms with Crippen LogP contribution < -0.4 is 5.32 Å². The molecule has 2 rings (SSSR count). The Morgan fingerprint density at radius 2 is 1.67 bits per heavy atom. The molecule has 1 atom stereocenters. The first-order chi connectivity index (χ1) is 11.1. The molecule has 1 aromatic carbocycles. The Morgan fingerprint density at radius 3 is 2.21 bits per heavy atom.